The largest absolute Gasteiger partial charge is 0.481 e. The van der Waals surface area contributed by atoms with Crippen LogP contribution in [0.4, 0.5) is 5.69 Å². The number of carbonyl (C=O) groups excluding carboxylic acids is 2. The van der Waals surface area contributed by atoms with Gasteiger partial charge in [-0.15, -0.1) is 0 Å². The maximum absolute atomic E-state index is 12.9. The molecule has 1 N–H and O–H groups in total. The number of rotatable bonds is 8. The smallest absolute Gasteiger partial charge is 0.265 e. The summed E-state index contributed by atoms with van der Waals surface area (Å²) in [6.07, 6.45) is 0.808. The maximum Gasteiger partial charge on any atom is 0.265 e. The summed E-state index contributed by atoms with van der Waals surface area (Å²) < 4.78 is 5.89. The van der Waals surface area contributed by atoms with Crippen molar-refractivity contribution in [2.24, 2.45) is 0 Å². The molecule has 0 fully saturated rings. The summed E-state index contributed by atoms with van der Waals surface area (Å²) in [5.74, 6) is 0.240. The normalized spacial score (nSPS) is 11.5. The van der Waals surface area contributed by atoms with Crippen molar-refractivity contribution in [2.45, 2.75) is 32.8 Å². The summed E-state index contributed by atoms with van der Waals surface area (Å²) >= 11 is 0. The molecular formula is C25H25NO3. The van der Waals surface area contributed by atoms with E-state index in [1.165, 1.54) is 5.56 Å². The number of nitrogens with one attached hydrogen (secondary N) is 1. The van der Waals surface area contributed by atoms with Gasteiger partial charge in [0.1, 0.15) is 5.75 Å². The van der Waals surface area contributed by atoms with E-state index < -0.39 is 6.10 Å². The van der Waals surface area contributed by atoms with Crippen LogP contribution in [-0.2, 0) is 11.2 Å². The molecule has 148 valence electrons. The van der Waals surface area contributed by atoms with Crippen LogP contribution in [0.1, 0.15) is 41.8 Å². The molecular weight excluding hydrogens is 362 g/mol. The zero-order chi connectivity index (χ0) is 20.6. The molecule has 0 aliphatic carbocycles. The minimum Gasteiger partial charge on any atom is -0.481 e. The predicted octanol–water partition coefficient (Wildman–Crippen LogP) is 5.28. The number of hydrogen-bond acceptors (Lipinski definition) is 3. The highest BCUT2D eigenvalue weighted by Gasteiger charge is 2.21. The Labute approximate surface area is 171 Å². The van der Waals surface area contributed by atoms with Gasteiger partial charge in [-0.2, -0.15) is 0 Å². The minimum absolute atomic E-state index is 0.134. The fourth-order valence-corrected chi connectivity index (χ4v) is 3.04. The van der Waals surface area contributed by atoms with E-state index in [0.29, 0.717) is 29.0 Å². The van der Waals surface area contributed by atoms with Crippen LogP contribution in [0.3, 0.4) is 0 Å². The van der Waals surface area contributed by atoms with E-state index >= 15 is 0 Å². The Morgan fingerprint density at radius 1 is 0.862 bits per heavy atom. The zero-order valence-corrected chi connectivity index (χ0v) is 16.7. The minimum atomic E-state index is -0.651. The van der Waals surface area contributed by atoms with Crippen molar-refractivity contribution in [3.8, 4) is 5.75 Å². The highest BCUT2D eigenvalue weighted by molar-refractivity contribution is 6.14. The summed E-state index contributed by atoms with van der Waals surface area (Å²) in [4.78, 5) is 25.7. The SMILES string of the molecule is CCc1ccc(OC(CC)C(=O)Nc2ccccc2C(=O)c2ccccc2)cc1. The fraction of sp³-hybridized carbons (Fsp3) is 0.200. The number of benzene rings is 3. The van der Waals surface area contributed by atoms with Crippen LogP contribution in [0.2, 0.25) is 0 Å². The van der Waals surface area contributed by atoms with E-state index in [1.807, 2.05) is 49.4 Å². The van der Waals surface area contributed by atoms with Crippen molar-refractivity contribution >= 4 is 17.4 Å². The Hall–Kier alpha value is -3.40. The van der Waals surface area contributed by atoms with E-state index in [2.05, 4.69) is 12.2 Å². The first-order chi connectivity index (χ1) is 14.1. The third-order valence-corrected chi connectivity index (χ3v) is 4.74. The molecule has 29 heavy (non-hydrogen) atoms. The summed E-state index contributed by atoms with van der Waals surface area (Å²) in [6, 6.07) is 23.8. The number of ether oxygens (including phenoxy) is 1. The topological polar surface area (TPSA) is 55.4 Å². The van der Waals surface area contributed by atoms with Crippen LogP contribution in [0.15, 0.2) is 78.9 Å². The number of ketones is 1. The molecule has 0 aromatic heterocycles. The number of amides is 1. The van der Waals surface area contributed by atoms with Crippen LogP contribution in [0, 0.1) is 0 Å². The van der Waals surface area contributed by atoms with Gasteiger partial charge in [-0.1, -0.05) is 68.4 Å². The molecule has 0 radical (unpaired) electrons. The second-order valence-electron chi connectivity index (χ2n) is 6.74. The van der Waals surface area contributed by atoms with Gasteiger partial charge in [-0.25, -0.2) is 0 Å². The molecule has 3 aromatic rings. The van der Waals surface area contributed by atoms with Crippen molar-refractivity contribution in [1.82, 2.24) is 0 Å². The monoisotopic (exact) mass is 387 g/mol. The molecule has 3 aromatic carbocycles. The molecule has 0 aliphatic rings. The van der Waals surface area contributed by atoms with Gasteiger partial charge < -0.3 is 10.1 Å². The number of aryl methyl sites for hydroxylation is 1. The van der Waals surface area contributed by atoms with Gasteiger partial charge in [0.2, 0.25) is 0 Å². The zero-order valence-electron chi connectivity index (χ0n) is 16.7. The maximum atomic E-state index is 12.9. The Balaban J connectivity index is 1.76. The standard InChI is InChI=1S/C25H25NO3/c1-3-18-14-16-20(17-15-18)29-23(4-2)25(28)26-22-13-9-8-12-21(22)24(27)19-10-6-5-7-11-19/h5-17,23H,3-4H2,1-2H3,(H,26,28). The van der Waals surface area contributed by atoms with Gasteiger partial charge in [-0.05, 0) is 42.7 Å². The van der Waals surface area contributed by atoms with E-state index in [-0.39, 0.29) is 11.7 Å². The van der Waals surface area contributed by atoms with Gasteiger partial charge in [-0.3, -0.25) is 9.59 Å². The quantitative estimate of drug-likeness (QED) is 0.535. The molecule has 4 nitrogen and oxygen atoms in total. The van der Waals surface area contributed by atoms with E-state index in [1.54, 1.807) is 36.4 Å². The van der Waals surface area contributed by atoms with Crippen molar-refractivity contribution in [3.05, 3.63) is 95.6 Å². The number of anilines is 1. The molecule has 0 aliphatic heterocycles. The summed E-state index contributed by atoms with van der Waals surface area (Å²) in [5.41, 5.74) is 2.72. The second-order valence-corrected chi connectivity index (χ2v) is 6.74. The molecule has 0 heterocycles. The average molecular weight is 387 g/mol. The van der Waals surface area contributed by atoms with Crippen molar-refractivity contribution in [1.29, 1.82) is 0 Å². The van der Waals surface area contributed by atoms with Crippen LogP contribution in [0.25, 0.3) is 0 Å². The summed E-state index contributed by atoms with van der Waals surface area (Å²) in [7, 11) is 0. The average Bonchev–Trinajstić information content (AvgIpc) is 2.78. The van der Waals surface area contributed by atoms with E-state index in [9.17, 15) is 9.59 Å². The first-order valence-electron chi connectivity index (χ1n) is 9.87. The second kappa shape index (κ2) is 9.69. The van der Waals surface area contributed by atoms with Crippen LogP contribution in [0.5, 0.6) is 5.75 Å². The number of hydrogen-bond donors (Lipinski definition) is 1. The first kappa shape index (κ1) is 20.3. The predicted molar refractivity (Wildman–Crippen MR) is 115 cm³/mol. The Morgan fingerprint density at radius 3 is 2.17 bits per heavy atom. The highest BCUT2D eigenvalue weighted by atomic mass is 16.5. The molecule has 1 amide bonds. The van der Waals surface area contributed by atoms with Crippen molar-refractivity contribution in [2.75, 3.05) is 5.32 Å². The fourth-order valence-electron chi connectivity index (χ4n) is 3.04. The third kappa shape index (κ3) is 5.11. The van der Waals surface area contributed by atoms with Gasteiger partial charge >= 0.3 is 0 Å². The summed E-state index contributed by atoms with van der Waals surface area (Å²) in [6.45, 7) is 3.98. The first-order valence-corrected chi connectivity index (χ1v) is 9.87. The van der Waals surface area contributed by atoms with Crippen molar-refractivity contribution in [3.63, 3.8) is 0 Å². The number of para-hydroxylation sites is 1. The molecule has 1 atom stereocenters. The lowest BCUT2D eigenvalue weighted by molar-refractivity contribution is -0.122. The van der Waals surface area contributed by atoms with Gasteiger partial charge in [0.05, 0.1) is 5.69 Å². The molecule has 1 unspecified atom stereocenters. The Bertz CT molecular complexity index is 965. The van der Waals surface area contributed by atoms with E-state index in [0.717, 1.165) is 6.42 Å². The highest BCUT2D eigenvalue weighted by Crippen LogP contribution is 2.21. The van der Waals surface area contributed by atoms with Crippen molar-refractivity contribution < 1.29 is 14.3 Å². The molecule has 0 bridgehead atoms. The molecule has 0 spiro atoms. The van der Waals surface area contributed by atoms with Crippen LogP contribution >= 0.6 is 0 Å². The lowest BCUT2D eigenvalue weighted by Crippen LogP contribution is -2.32. The Morgan fingerprint density at radius 2 is 1.52 bits per heavy atom. The van der Waals surface area contributed by atoms with Gasteiger partial charge in [0.15, 0.2) is 11.9 Å². The molecule has 4 heteroatoms. The third-order valence-electron chi connectivity index (χ3n) is 4.74. The van der Waals surface area contributed by atoms with Gasteiger partial charge in [0.25, 0.3) is 5.91 Å². The lowest BCUT2D eigenvalue weighted by atomic mass is 10.0. The molecule has 0 saturated heterocycles. The van der Waals surface area contributed by atoms with E-state index in [4.69, 9.17) is 4.74 Å². The number of carbonyl (C=O) groups is 2. The lowest BCUT2D eigenvalue weighted by Gasteiger charge is -2.18. The van der Waals surface area contributed by atoms with Crippen LogP contribution < -0.4 is 10.1 Å². The summed E-state index contributed by atoms with van der Waals surface area (Å²) in [5, 5.41) is 2.87. The molecule has 3 rings (SSSR count). The van der Waals surface area contributed by atoms with Crippen LogP contribution in [-0.4, -0.2) is 17.8 Å². The molecule has 0 saturated carbocycles. The Kier molecular flexibility index (Phi) is 6.80. The van der Waals surface area contributed by atoms with Gasteiger partial charge in [0, 0.05) is 11.1 Å².